The number of hydrogen-bond donors (Lipinski definition) is 1. The van der Waals surface area contributed by atoms with Gasteiger partial charge in [-0.2, -0.15) is 0 Å². The summed E-state index contributed by atoms with van der Waals surface area (Å²) in [6, 6.07) is 10.6. The summed E-state index contributed by atoms with van der Waals surface area (Å²) in [5.74, 6) is 1.31. The number of aryl methyl sites for hydroxylation is 1. The Labute approximate surface area is 110 Å². The highest BCUT2D eigenvalue weighted by atomic mass is 15.2. The van der Waals surface area contributed by atoms with Crippen LogP contribution >= 0.6 is 0 Å². The van der Waals surface area contributed by atoms with Crippen molar-refractivity contribution in [3.8, 4) is 0 Å². The molecule has 4 atom stereocenters. The van der Waals surface area contributed by atoms with Crippen molar-refractivity contribution in [1.29, 1.82) is 0 Å². The molecule has 18 heavy (non-hydrogen) atoms. The minimum Gasteiger partial charge on any atom is -0.330 e. The Kier molecular flexibility index (Phi) is 3.16. The highest BCUT2D eigenvalue weighted by Gasteiger charge is 2.45. The lowest BCUT2D eigenvalue weighted by molar-refractivity contribution is 0.104. The third-order valence-electron chi connectivity index (χ3n) is 5.21. The van der Waals surface area contributed by atoms with Gasteiger partial charge in [-0.3, -0.25) is 0 Å². The van der Waals surface area contributed by atoms with Crippen molar-refractivity contribution < 1.29 is 0 Å². The van der Waals surface area contributed by atoms with Gasteiger partial charge in [0.25, 0.3) is 0 Å². The van der Waals surface area contributed by atoms with Gasteiger partial charge in [0.15, 0.2) is 0 Å². The Bertz CT molecular complexity index is 412. The van der Waals surface area contributed by atoms with Crippen LogP contribution in [-0.2, 0) is 0 Å². The first kappa shape index (κ1) is 12.2. The number of piperidine rings is 1. The highest BCUT2D eigenvalue weighted by molar-refractivity contribution is 5.27. The molecule has 1 aromatic carbocycles. The van der Waals surface area contributed by atoms with Gasteiger partial charge in [-0.15, -0.1) is 0 Å². The number of benzene rings is 1. The van der Waals surface area contributed by atoms with Crippen LogP contribution in [-0.4, -0.2) is 30.6 Å². The first-order valence-electron chi connectivity index (χ1n) is 7.19. The average Bonchev–Trinajstić information content (AvgIpc) is 2.63. The van der Waals surface area contributed by atoms with E-state index in [1.165, 1.54) is 30.4 Å². The van der Waals surface area contributed by atoms with Gasteiger partial charge in [0.1, 0.15) is 0 Å². The number of nitrogens with two attached hydrogens (primary N) is 1. The predicted octanol–water partition coefficient (Wildman–Crippen LogP) is 2.52. The second-order valence-corrected chi connectivity index (χ2v) is 6.12. The molecule has 0 radical (unpaired) electrons. The Hall–Kier alpha value is -0.860. The Balaban J connectivity index is 1.89. The van der Waals surface area contributed by atoms with Crippen molar-refractivity contribution in [2.45, 2.75) is 44.2 Å². The molecular weight excluding hydrogens is 220 g/mol. The molecule has 98 valence electrons. The van der Waals surface area contributed by atoms with Gasteiger partial charge in [-0.05, 0) is 57.2 Å². The number of nitrogens with zero attached hydrogens (tertiary/aromatic N) is 1. The fourth-order valence-corrected chi connectivity index (χ4v) is 4.10. The molecule has 2 heteroatoms. The number of fused-ring (bicyclic) bond motifs is 2. The van der Waals surface area contributed by atoms with E-state index >= 15 is 0 Å². The van der Waals surface area contributed by atoms with E-state index in [9.17, 15) is 0 Å². The second kappa shape index (κ2) is 4.67. The van der Waals surface area contributed by atoms with E-state index in [4.69, 9.17) is 5.73 Å². The third-order valence-corrected chi connectivity index (χ3v) is 5.21. The standard InChI is InChI=1S/C16H24N2/c1-11-3-5-12(6-4-11)14-9-13-7-8-16(18(13)2)15(14)10-17/h3-6,13-16H,7-10,17H2,1-2H3/t13-,14-,15+,16?/m1/s1. The summed E-state index contributed by atoms with van der Waals surface area (Å²) < 4.78 is 0. The summed E-state index contributed by atoms with van der Waals surface area (Å²) in [7, 11) is 2.29. The Morgan fingerprint density at radius 3 is 2.61 bits per heavy atom. The summed E-state index contributed by atoms with van der Waals surface area (Å²) in [5, 5.41) is 0. The molecule has 2 saturated heterocycles. The molecule has 1 unspecified atom stereocenters. The van der Waals surface area contributed by atoms with Gasteiger partial charge in [0.2, 0.25) is 0 Å². The molecule has 0 aliphatic carbocycles. The fraction of sp³-hybridized carbons (Fsp3) is 0.625. The number of hydrogen-bond acceptors (Lipinski definition) is 2. The molecule has 0 amide bonds. The SMILES string of the molecule is Cc1ccc([C@H]2C[C@H]3CCC([C@H]2CN)N3C)cc1. The van der Waals surface area contributed by atoms with Crippen LogP contribution in [0.1, 0.15) is 36.3 Å². The minimum atomic E-state index is 0.636. The molecule has 2 nitrogen and oxygen atoms in total. The zero-order valence-corrected chi connectivity index (χ0v) is 11.5. The van der Waals surface area contributed by atoms with Crippen molar-refractivity contribution in [1.82, 2.24) is 4.90 Å². The first-order valence-corrected chi connectivity index (χ1v) is 7.19. The molecule has 3 rings (SSSR count). The van der Waals surface area contributed by atoms with Crippen molar-refractivity contribution in [3.63, 3.8) is 0 Å². The van der Waals surface area contributed by atoms with Crippen LogP contribution in [0.25, 0.3) is 0 Å². The van der Waals surface area contributed by atoms with Crippen LogP contribution in [0.5, 0.6) is 0 Å². The summed E-state index contributed by atoms with van der Waals surface area (Å²) in [4.78, 5) is 2.59. The molecule has 0 aromatic heterocycles. The molecule has 1 aromatic rings. The van der Waals surface area contributed by atoms with Gasteiger partial charge in [-0.25, -0.2) is 0 Å². The van der Waals surface area contributed by atoms with E-state index in [0.29, 0.717) is 17.9 Å². The molecular formula is C16H24N2. The van der Waals surface area contributed by atoms with Crippen molar-refractivity contribution >= 4 is 0 Å². The quantitative estimate of drug-likeness (QED) is 0.866. The van der Waals surface area contributed by atoms with Gasteiger partial charge in [0, 0.05) is 12.1 Å². The largest absolute Gasteiger partial charge is 0.330 e. The van der Waals surface area contributed by atoms with E-state index in [2.05, 4.69) is 43.1 Å². The lowest BCUT2D eigenvalue weighted by Crippen LogP contribution is -2.48. The maximum Gasteiger partial charge on any atom is 0.0142 e. The molecule has 0 saturated carbocycles. The zero-order chi connectivity index (χ0) is 12.7. The van der Waals surface area contributed by atoms with E-state index in [0.717, 1.165) is 12.6 Å². The van der Waals surface area contributed by atoms with E-state index in [1.807, 2.05) is 0 Å². The van der Waals surface area contributed by atoms with Crippen LogP contribution in [0.3, 0.4) is 0 Å². The van der Waals surface area contributed by atoms with Crippen LogP contribution in [0.2, 0.25) is 0 Å². The lowest BCUT2D eigenvalue weighted by Gasteiger charge is -2.43. The molecule has 0 spiro atoms. The predicted molar refractivity (Wildman–Crippen MR) is 75.7 cm³/mol. The Morgan fingerprint density at radius 1 is 1.22 bits per heavy atom. The summed E-state index contributed by atoms with van der Waals surface area (Å²) in [5.41, 5.74) is 8.93. The van der Waals surface area contributed by atoms with Crippen molar-refractivity contribution in [2.75, 3.05) is 13.6 Å². The van der Waals surface area contributed by atoms with E-state index in [1.54, 1.807) is 0 Å². The monoisotopic (exact) mass is 244 g/mol. The van der Waals surface area contributed by atoms with Crippen molar-refractivity contribution in [3.05, 3.63) is 35.4 Å². The smallest absolute Gasteiger partial charge is 0.0142 e. The molecule has 2 fully saturated rings. The van der Waals surface area contributed by atoms with Gasteiger partial charge >= 0.3 is 0 Å². The van der Waals surface area contributed by atoms with Crippen LogP contribution in [0.15, 0.2) is 24.3 Å². The van der Waals surface area contributed by atoms with Gasteiger partial charge in [0.05, 0.1) is 0 Å². The molecule has 2 aliphatic heterocycles. The average molecular weight is 244 g/mol. The summed E-state index contributed by atoms with van der Waals surface area (Å²) in [6.07, 6.45) is 3.99. The second-order valence-electron chi connectivity index (χ2n) is 6.12. The molecule has 2 N–H and O–H groups in total. The van der Waals surface area contributed by atoms with Gasteiger partial charge < -0.3 is 10.6 Å². The van der Waals surface area contributed by atoms with Crippen LogP contribution in [0, 0.1) is 12.8 Å². The summed E-state index contributed by atoms with van der Waals surface area (Å²) >= 11 is 0. The van der Waals surface area contributed by atoms with E-state index < -0.39 is 0 Å². The molecule has 2 bridgehead atoms. The van der Waals surface area contributed by atoms with Crippen LogP contribution < -0.4 is 5.73 Å². The fourth-order valence-electron chi connectivity index (χ4n) is 4.10. The van der Waals surface area contributed by atoms with Crippen molar-refractivity contribution in [2.24, 2.45) is 11.7 Å². The maximum atomic E-state index is 6.08. The van der Waals surface area contributed by atoms with Gasteiger partial charge in [-0.1, -0.05) is 29.8 Å². The first-order chi connectivity index (χ1) is 8.70. The van der Waals surface area contributed by atoms with Crippen LogP contribution in [0.4, 0.5) is 0 Å². The third kappa shape index (κ3) is 1.88. The lowest BCUT2D eigenvalue weighted by atomic mass is 9.76. The number of rotatable bonds is 2. The van der Waals surface area contributed by atoms with E-state index in [-0.39, 0.29) is 0 Å². The normalized spacial score (nSPS) is 35.9. The zero-order valence-electron chi connectivity index (χ0n) is 11.5. The Morgan fingerprint density at radius 2 is 1.94 bits per heavy atom. The maximum absolute atomic E-state index is 6.08. The molecule has 2 heterocycles. The molecule has 2 aliphatic rings. The minimum absolute atomic E-state index is 0.636. The topological polar surface area (TPSA) is 29.3 Å². The summed E-state index contributed by atoms with van der Waals surface area (Å²) in [6.45, 7) is 2.98. The highest BCUT2D eigenvalue weighted by Crippen LogP contribution is 2.45.